The molecule has 9 heteroatoms. The highest BCUT2D eigenvalue weighted by Gasteiger charge is 2.21. The molecule has 1 atom stereocenters. The van der Waals surface area contributed by atoms with Crippen molar-refractivity contribution in [1.82, 2.24) is 0 Å². The summed E-state index contributed by atoms with van der Waals surface area (Å²) in [6.45, 7) is 2.45. The van der Waals surface area contributed by atoms with Crippen LogP contribution in [-0.4, -0.2) is 32.8 Å². The van der Waals surface area contributed by atoms with Crippen molar-refractivity contribution < 1.29 is 18.0 Å². The van der Waals surface area contributed by atoms with Gasteiger partial charge in [-0.1, -0.05) is 0 Å². The molecule has 1 saturated heterocycles. The number of hydrogen-bond acceptors (Lipinski definition) is 5. The zero-order chi connectivity index (χ0) is 20.3. The maximum absolute atomic E-state index is 12.3. The first-order valence-corrected chi connectivity index (χ1v) is 10.4. The fraction of sp³-hybridized carbons (Fsp3) is 0.263. The molecule has 4 N–H and O–H groups in total. The van der Waals surface area contributed by atoms with Crippen LogP contribution in [0.3, 0.4) is 0 Å². The van der Waals surface area contributed by atoms with Gasteiger partial charge in [0.2, 0.25) is 21.8 Å². The molecule has 0 spiro atoms. The summed E-state index contributed by atoms with van der Waals surface area (Å²) < 4.78 is 22.5. The minimum absolute atomic E-state index is 0.0201. The number of amides is 2. The number of carbonyl (C=O) groups is 2. The molecule has 148 valence electrons. The lowest BCUT2D eigenvalue weighted by Gasteiger charge is -2.18. The van der Waals surface area contributed by atoms with Gasteiger partial charge in [-0.05, 0) is 61.9 Å². The first-order valence-electron chi connectivity index (χ1n) is 8.85. The third-order valence-electron chi connectivity index (χ3n) is 4.48. The van der Waals surface area contributed by atoms with Gasteiger partial charge < -0.3 is 15.5 Å². The standard InChI is InChI=1S/C19H22N4O4S/c1-13(19(25)22-15-6-10-17(11-7-15)28(20,26)27)21-14-4-8-16(9-5-14)23-12-2-3-18(23)24/h4-11,13,21H,2-3,12H2,1H3,(H,22,25)(H2,20,26,27)/t13-/m1/s1. The molecule has 0 aromatic heterocycles. The smallest absolute Gasteiger partial charge is 0.246 e. The van der Waals surface area contributed by atoms with Crippen LogP contribution < -0.4 is 20.7 Å². The van der Waals surface area contributed by atoms with E-state index >= 15 is 0 Å². The first kappa shape index (κ1) is 19.8. The van der Waals surface area contributed by atoms with Crippen molar-refractivity contribution in [2.24, 2.45) is 5.14 Å². The quantitative estimate of drug-likeness (QED) is 0.681. The molecule has 1 aliphatic rings. The van der Waals surface area contributed by atoms with Gasteiger partial charge in [-0.25, -0.2) is 13.6 Å². The van der Waals surface area contributed by atoms with Crippen molar-refractivity contribution in [3.05, 3.63) is 48.5 Å². The van der Waals surface area contributed by atoms with Crippen molar-refractivity contribution in [3.63, 3.8) is 0 Å². The maximum Gasteiger partial charge on any atom is 0.246 e. The number of primary sulfonamides is 1. The zero-order valence-corrected chi connectivity index (χ0v) is 16.2. The number of carbonyl (C=O) groups excluding carboxylic acids is 2. The fourth-order valence-corrected chi connectivity index (χ4v) is 3.47. The molecule has 0 bridgehead atoms. The molecule has 1 heterocycles. The van der Waals surface area contributed by atoms with Crippen LogP contribution >= 0.6 is 0 Å². The van der Waals surface area contributed by atoms with Gasteiger partial charge in [-0.3, -0.25) is 9.59 Å². The number of benzene rings is 2. The van der Waals surface area contributed by atoms with E-state index in [0.717, 1.165) is 24.3 Å². The highest BCUT2D eigenvalue weighted by atomic mass is 32.2. The predicted octanol–water partition coefficient (Wildman–Crippen LogP) is 1.90. The molecule has 0 radical (unpaired) electrons. The Kier molecular flexibility index (Phi) is 5.66. The lowest BCUT2D eigenvalue weighted by molar-refractivity contribution is -0.117. The summed E-state index contributed by atoms with van der Waals surface area (Å²) in [5, 5.41) is 10.9. The van der Waals surface area contributed by atoms with E-state index in [0.29, 0.717) is 12.1 Å². The van der Waals surface area contributed by atoms with Crippen molar-refractivity contribution in [3.8, 4) is 0 Å². The van der Waals surface area contributed by atoms with Gasteiger partial charge in [0, 0.05) is 30.0 Å². The number of nitrogens with zero attached hydrogens (tertiary/aromatic N) is 1. The third-order valence-corrected chi connectivity index (χ3v) is 5.41. The summed E-state index contributed by atoms with van der Waals surface area (Å²) in [5.74, 6) is -0.149. The molecule has 3 rings (SSSR count). The summed E-state index contributed by atoms with van der Waals surface area (Å²) in [6.07, 6.45) is 1.45. The van der Waals surface area contributed by atoms with Gasteiger partial charge in [-0.2, -0.15) is 0 Å². The number of nitrogens with one attached hydrogen (secondary N) is 2. The van der Waals surface area contributed by atoms with Crippen molar-refractivity contribution >= 4 is 38.9 Å². The van der Waals surface area contributed by atoms with E-state index in [1.807, 2.05) is 24.3 Å². The largest absolute Gasteiger partial charge is 0.374 e. The molecule has 1 aliphatic heterocycles. The Morgan fingerprint density at radius 2 is 1.68 bits per heavy atom. The molecule has 1 fully saturated rings. The van der Waals surface area contributed by atoms with E-state index in [2.05, 4.69) is 10.6 Å². The number of rotatable bonds is 6. The van der Waals surface area contributed by atoms with Gasteiger partial charge in [-0.15, -0.1) is 0 Å². The highest BCUT2D eigenvalue weighted by Crippen LogP contribution is 2.23. The Bertz CT molecular complexity index is 972. The summed E-state index contributed by atoms with van der Waals surface area (Å²) in [6, 6.07) is 12.4. The topological polar surface area (TPSA) is 122 Å². The van der Waals surface area contributed by atoms with E-state index in [9.17, 15) is 18.0 Å². The average molecular weight is 402 g/mol. The minimum Gasteiger partial charge on any atom is -0.374 e. The summed E-state index contributed by atoms with van der Waals surface area (Å²) in [4.78, 5) is 25.9. The summed E-state index contributed by atoms with van der Waals surface area (Å²) >= 11 is 0. The van der Waals surface area contributed by atoms with Crippen LogP contribution in [0.15, 0.2) is 53.4 Å². The Balaban J connectivity index is 1.58. The van der Waals surface area contributed by atoms with E-state index in [4.69, 9.17) is 5.14 Å². The summed E-state index contributed by atoms with van der Waals surface area (Å²) in [5.41, 5.74) is 2.07. The summed E-state index contributed by atoms with van der Waals surface area (Å²) in [7, 11) is -3.77. The van der Waals surface area contributed by atoms with Crippen LogP contribution in [0, 0.1) is 0 Å². The van der Waals surface area contributed by atoms with Crippen LogP contribution in [0.5, 0.6) is 0 Å². The fourth-order valence-electron chi connectivity index (χ4n) is 2.95. The van der Waals surface area contributed by atoms with Gasteiger partial charge in [0.25, 0.3) is 0 Å². The van der Waals surface area contributed by atoms with Crippen molar-refractivity contribution in [2.45, 2.75) is 30.7 Å². The monoisotopic (exact) mass is 402 g/mol. The number of nitrogens with two attached hydrogens (primary N) is 1. The molecule has 0 saturated carbocycles. The van der Waals surface area contributed by atoms with Gasteiger partial charge in [0.05, 0.1) is 4.90 Å². The Morgan fingerprint density at radius 3 is 2.21 bits per heavy atom. The van der Waals surface area contributed by atoms with Crippen LogP contribution in [0.2, 0.25) is 0 Å². The SMILES string of the molecule is C[C@@H](Nc1ccc(N2CCCC2=O)cc1)C(=O)Nc1ccc(S(N)(=O)=O)cc1. The second-order valence-electron chi connectivity index (χ2n) is 6.62. The molecule has 0 aliphatic carbocycles. The Labute approximate surface area is 163 Å². The van der Waals surface area contributed by atoms with Crippen LogP contribution in [0.1, 0.15) is 19.8 Å². The molecule has 28 heavy (non-hydrogen) atoms. The molecule has 2 aromatic carbocycles. The van der Waals surface area contributed by atoms with Gasteiger partial charge >= 0.3 is 0 Å². The molecule has 0 unspecified atom stereocenters. The highest BCUT2D eigenvalue weighted by molar-refractivity contribution is 7.89. The zero-order valence-electron chi connectivity index (χ0n) is 15.4. The van der Waals surface area contributed by atoms with Gasteiger partial charge in [0.1, 0.15) is 6.04 Å². The van der Waals surface area contributed by atoms with Crippen LogP contribution in [0.4, 0.5) is 17.1 Å². The molecular formula is C19H22N4O4S. The average Bonchev–Trinajstić information content (AvgIpc) is 3.08. The normalized spacial score (nSPS) is 15.4. The van der Waals surface area contributed by atoms with Crippen molar-refractivity contribution in [1.29, 1.82) is 0 Å². The van der Waals surface area contributed by atoms with E-state index in [1.54, 1.807) is 11.8 Å². The number of sulfonamides is 1. The Hall–Kier alpha value is -2.91. The number of hydrogen-bond donors (Lipinski definition) is 3. The predicted molar refractivity (Wildman–Crippen MR) is 108 cm³/mol. The lowest BCUT2D eigenvalue weighted by atomic mass is 10.2. The molecular weight excluding hydrogens is 380 g/mol. The van der Waals surface area contributed by atoms with Gasteiger partial charge in [0.15, 0.2) is 0 Å². The van der Waals surface area contributed by atoms with Crippen LogP contribution in [-0.2, 0) is 19.6 Å². The number of anilines is 3. The van der Waals surface area contributed by atoms with E-state index < -0.39 is 16.1 Å². The lowest BCUT2D eigenvalue weighted by Crippen LogP contribution is -2.31. The van der Waals surface area contributed by atoms with E-state index in [1.165, 1.54) is 24.3 Å². The molecule has 8 nitrogen and oxygen atoms in total. The maximum atomic E-state index is 12.3. The molecule has 2 amide bonds. The third kappa shape index (κ3) is 4.68. The second-order valence-corrected chi connectivity index (χ2v) is 8.18. The minimum atomic E-state index is -3.77. The Morgan fingerprint density at radius 1 is 1.07 bits per heavy atom. The first-order chi connectivity index (χ1) is 13.2. The second kappa shape index (κ2) is 7.99. The van der Waals surface area contributed by atoms with Crippen molar-refractivity contribution in [2.75, 3.05) is 22.1 Å². The molecule has 2 aromatic rings. The van der Waals surface area contributed by atoms with Crippen LogP contribution in [0.25, 0.3) is 0 Å². The van der Waals surface area contributed by atoms with E-state index in [-0.39, 0.29) is 16.7 Å².